The number of hydrogen-bond donors (Lipinski definition) is 0. The van der Waals surface area contributed by atoms with E-state index in [-0.39, 0.29) is 5.91 Å². The third kappa shape index (κ3) is 2.80. The van der Waals surface area contributed by atoms with E-state index < -0.39 is 0 Å². The van der Waals surface area contributed by atoms with Gasteiger partial charge >= 0.3 is 0 Å². The Morgan fingerprint density at radius 2 is 2.24 bits per heavy atom. The van der Waals surface area contributed by atoms with Crippen LogP contribution in [0.1, 0.15) is 16.8 Å². The van der Waals surface area contributed by atoms with Crippen molar-refractivity contribution in [1.82, 2.24) is 24.6 Å². The van der Waals surface area contributed by atoms with E-state index >= 15 is 0 Å². The minimum Gasteiger partial charge on any atom is -0.337 e. The third-order valence-electron chi connectivity index (χ3n) is 3.91. The average Bonchev–Trinajstić information content (AvgIpc) is 3.18. The Labute approximate surface area is 124 Å². The molecule has 6 nitrogen and oxygen atoms in total. The van der Waals surface area contributed by atoms with E-state index in [1.54, 1.807) is 17.1 Å². The molecule has 2 aromatic heterocycles. The molecular weight excluding hydrogens is 266 g/mol. The van der Waals surface area contributed by atoms with E-state index in [0.717, 1.165) is 19.5 Å². The van der Waals surface area contributed by atoms with Crippen molar-refractivity contribution < 1.29 is 4.79 Å². The fraction of sp³-hybridized carbons (Fsp3) is 0.400. The van der Waals surface area contributed by atoms with E-state index in [4.69, 9.17) is 0 Å². The number of hydrogen-bond acceptors (Lipinski definition) is 4. The number of rotatable bonds is 3. The van der Waals surface area contributed by atoms with Crippen LogP contribution in [0.2, 0.25) is 0 Å². The molecule has 1 unspecified atom stereocenters. The second-order valence-corrected chi connectivity index (χ2v) is 5.51. The zero-order valence-electron chi connectivity index (χ0n) is 12.3. The second kappa shape index (κ2) is 5.65. The van der Waals surface area contributed by atoms with Gasteiger partial charge in [-0.2, -0.15) is 5.10 Å². The third-order valence-corrected chi connectivity index (χ3v) is 3.91. The first kappa shape index (κ1) is 13.8. The first-order chi connectivity index (χ1) is 10.1. The van der Waals surface area contributed by atoms with Crippen molar-refractivity contribution in [2.75, 3.05) is 27.2 Å². The predicted octanol–water partition coefficient (Wildman–Crippen LogP) is 1.04. The summed E-state index contributed by atoms with van der Waals surface area (Å²) in [6, 6.07) is 5.92. The van der Waals surface area contributed by atoms with Crippen LogP contribution in [0.5, 0.6) is 0 Å². The number of nitrogens with zero attached hydrogens (tertiary/aromatic N) is 5. The standard InChI is InChI=1S/C15H19N5O/c1-18(2)13-6-9-19(11-13)15(21)12-4-5-14(16-10-12)20-8-3-7-17-20/h3-5,7-8,10,13H,6,9,11H2,1-2H3. The molecule has 0 N–H and O–H groups in total. The van der Waals surface area contributed by atoms with Crippen molar-refractivity contribution in [3.63, 3.8) is 0 Å². The van der Waals surface area contributed by atoms with Gasteiger partial charge in [-0.25, -0.2) is 9.67 Å². The molecule has 1 fully saturated rings. The molecule has 0 saturated carbocycles. The largest absolute Gasteiger partial charge is 0.337 e. The number of aromatic nitrogens is 3. The molecule has 6 heteroatoms. The molecule has 0 radical (unpaired) electrons. The van der Waals surface area contributed by atoms with Crippen LogP contribution >= 0.6 is 0 Å². The van der Waals surface area contributed by atoms with Gasteiger partial charge in [-0.1, -0.05) is 0 Å². The zero-order chi connectivity index (χ0) is 14.8. The molecule has 1 atom stereocenters. The number of carbonyl (C=O) groups excluding carboxylic acids is 1. The highest BCUT2D eigenvalue weighted by molar-refractivity contribution is 5.94. The van der Waals surface area contributed by atoms with Crippen molar-refractivity contribution in [3.05, 3.63) is 42.4 Å². The molecule has 1 aliphatic heterocycles. The lowest BCUT2D eigenvalue weighted by Gasteiger charge is -2.20. The lowest BCUT2D eigenvalue weighted by molar-refractivity contribution is 0.0782. The Morgan fingerprint density at radius 3 is 2.81 bits per heavy atom. The highest BCUT2D eigenvalue weighted by Crippen LogP contribution is 2.16. The minimum absolute atomic E-state index is 0.0545. The average molecular weight is 285 g/mol. The number of pyridine rings is 1. The summed E-state index contributed by atoms with van der Waals surface area (Å²) in [6.45, 7) is 1.59. The summed E-state index contributed by atoms with van der Waals surface area (Å²) in [7, 11) is 4.11. The molecular formula is C15H19N5O. The molecule has 110 valence electrons. The van der Waals surface area contributed by atoms with Gasteiger partial charge in [0.25, 0.3) is 5.91 Å². The van der Waals surface area contributed by atoms with Gasteiger partial charge in [0.05, 0.1) is 5.56 Å². The van der Waals surface area contributed by atoms with Crippen molar-refractivity contribution in [2.45, 2.75) is 12.5 Å². The molecule has 21 heavy (non-hydrogen) atoms. The predicted molar refractivity (Wildman–Crippen MR) is 79.4 cm³/mol. The maximum atomic E-state index is 12.5. The minimum atomic E-state index is 0.0545. The van der Waals surface area contributed by atoms with Gasteiger partial charge in [0.15, 0.2) is 5.82 Å². The quantitative estimate of drug-likeness (QED) is 0.845. The van der Waals surface area contributed by atoms with Crippen molar-refractivity contribution in [1.29, 1.82) is 0 Å². The van der Waals surface area contributed by atoms with Gasteiger partial charge in [-0.05, 0) is 38.7 Å². The van der Waals surface area contributed by atoms with Gasteiger partial charge in [0, 0.05) is 37.7 Å². The Hall–Kier alpha value is -2.21. The summed E-state index contributed by atoms with van der Waals surface area (Å²) in [5.41, 5.74) is 0.630. The van der Waals surface area contributed by atoms with Gasteiger partial charge in [0.1, 0.15) is 0 Å². The van der Waals surface area contributed by atoms with Crippen LogP contribution in [0.4, 0.5) is 0 Å². The Bertz CT molecular complexity index is 606. The van der Waals surface area contributed by atoms with Crippen molar-refractivity contribution >= 4 is 5.91 Å². The van der Waals surface area contributed by atoms with Gasteiger partial charge in [-0.3, -0.25) is 4.79 Å². The van der Waals surface area contributed by atoms with Crippen molar-refractivity contribution in [3.8, 4) is 5.82 Å². The monoisotopic (exact) mass is 285 g/mol. The first-order valence-corrected chi connectivity index (χ1v) is 7.07. The fourth-order valence-corrected chi connectivity index (χ4v) is 2.58. The van der Waals surface area contributed by atoms with Gasteiger partial charge < -0.3 is 9.80 Å². The van der Waals surface area contributed by atoms with E-state index in [9.17, 15) is 4.79 Å². The van der Waals surface area contributed by atoms with Crippen molar-refractivity contribution in [2.24, 2.45) is 0 Å². The van der Waals surface area contributed by atoms with Crippen LogP contribution in [0.25, 0.3) is 5.82 Å². The van der Waals surface area contributed by atoms with Crippen LogP contribution in [0.3, 0.4) is 0 Å². The molecule has 1 saturated heterocycles. The topological polar surface area (TPSA) is 54.3 Å². The molecule has 0 bridgehead atoms. The molecule has 0 spiro atoms. The normalized spacial score (nSPS) is 18.4. The fourth-order valence-electron chi connectivity index (χ4n) is 2.58. The molecule has 0 aliphatic carbocycles. The van der Waals surface area contributed by atoms with E-state index in [1.165, 1.54) is 0 Å². The van der Waals surface area contributed by atoms with Crippen LogP contribution in [0.15, 0.2) is 36.8 Å². The van der Waals surface area contributed by atoms with Crippen LogP contribution < -0.4 is 0 Å². The highest BCUT2D eigenvalue weighted by Gasteiger charge is 2.28. The highest BCUT2D eigenvalue weighted by atomic mass is 16.2. The maximum Gasteiger partial charge on any atom is 0.255 e. The number of likely N-dealkylation sites (tertiary alicyclic amines) is 1. The molecule has 0 aromatic carbocycles. The number of amides is 1. The second-order valence-electron chi connectivity index (χ2n) is 5.51. The van der Waals surface area contributed by atoms with Crippen LogP contribution in [-0.2, 0) is 0 Å². The Kier molecular flexibility index (Phi) is 3.70. The molecule has 3 rings (SSSR count). The van der Waals surface area contributed by atoms with E-state index in [2.05, 4.69) is 29.1 Å². The molecule has 1 aliphatic rings. The Balaban J connectivity index is 1.71. The summed E-state index contributed by atoms with van der Waals surface area (Å²) in [4.78, 5) is 20.8. The maximum absolute atomic E-state index is 12.5. The first-order valence-electron chi connectivity index (χ1n) is 7.07. The van der Waals surface area contributed by atoms with E-state index in [1.807, 2.05) is 29.3 Å². The Morgan fingerprint density at radius 1 is 1.38 bits per heavy atom. The van der Waals surface area contributed by atoms with Gasteiger partial charge in [-0.15, -0.1) is 0 Å². The lowest BCUT2D eigenvalue weighted by Crippen LogP contribution is -2.34. The van der Waals surface area contributed by atoms with Crippen LogP contribution in [0, 0.1) is 0 Å². The van der Waals surface area contributed by atoms with Gasteiger partial charge in [0.2, 0.25) is 0 Å². The van der Waals surface area contributed by atoms with E-state index in [0.29, 0.717) is 17.4 Å². The number of likely N-dealkylation sites (N-methyl/N-ethyl adjacent to an activating group) is 1. The summed E-state index contributed by atoms with van der Waals surface area (Å²) < 4.78 is 1.67. The SMILES string of the molecule is CN(C)C1CCN(C(=O)c2ccc(-n3cccn3)nc2)C1. The summed E-state index contributed by atoms with van der Waals surface area (Å²) in [5, 5.41) is 4.12. The molecule has 3 heterocycles. The summed E-state index contributed by atoms with van der Waals surface area (Å²) in [5.74, 6) is 0.767. The lowest BCUT2D eigenvalue weighted by atomic mass is 10.2. The summed E-state index contributed by atoms with van der Waals surface area (Å²) >= 11 is 0. The number of carbonyl (C=O) groups is 1. The summed E-state index contributed by atoms with van der Waals surface area (Å²) in [6.07, 6.45) is 6.18. The zero-order valence-corrected chi connectivity index (χ0v) is 12.3. The van der Waals surface area contributed by atoms with Crippen LogP contribution in [-0.4, -0.2) is 63.7 Å². The molecule has 2 aromatic rings. The molecule has 1 amide bonds. The smallest absolute Gasteiger partial charge is 0.255 e.